The molecule has 0 bridgehead atoms. The highest BCUT2D eigenvalue weighted by molar-refractivity contribution is 6.58. The van der Waals surface area contributed by atoms with E-state index in [2.05, 4.69) is 4.74 Å². The van der Waals surface area contributed by atoms with Crippen molar-refractivity contribution in [3.8, 4) is 0 Å². The van der Waals surface area contributed by atoms with Gasteiger partial charge in [0.05, 0.1) is 0 Å². The Kier molecular flexibility index (Phi) is 7.29. The lowest BCUT2D eigenvalue weighted by atomic mass is 9.81. The second kappa shape index (κ2) is 7.80. The number of ether oxygens (including phenoxy) is 1. The molecule has 1 aromatic rings. The summed E-state index contributed by atoms with van der Waals surface area (Å²) in [4.78, 5) is 0. The first-order chi connectivity index (χ1) is 6.22. The van der Waals surface area contributed by atoms with E-state index in [4.69, 9.17) is 10.0 Å². The maximum Gasteiger partial charge on any atom is 0.488 e. The molecule has 0 spiro atoms. The molecule has 0 atom stereocenters. The van der Waals surface area contributed by atoms with Crippen LogP contribution in [0.3, 0.4) is 0 Å². The van der Waals surface area contributed by atoms with E-state index in [1.807, 2.05) is 13.0 Å². The summed E-state index contributed by atoms with van der Waals surface area (Å²) in [7, 11) is 0.339. The third-order valence-corrected chi connectivity index (χ3v) is 1.39. The average molecular weight is 182 g/mol. The highest BCUT2D eigenvalue weighted by Crippen LogP contribution is 1.82. The third kappa shape index (κ3) is 6.34. The maximum atomic E-state index is 8.58. The molecule has 0 saturated carbocycles. The van der Waals surface area contributed by atoms with Crippen LogP contribution < -0.4 is 5.46 Å². The number of methoxy groups -OCH3 is 1. The van der Waals surface area contributed by atoms with Crippen molar-refractivity contribution < 1.29 is 14.8 Å². The van der Waals surface area contributed by atoms with Crippen molar-refractivity contribution in [1.29, 1.82) is 0 Å². The Labute approximate surface area is 79.1 Å². The topological polar surface area (TPSA) is 49.7 Å². The van der Waals surface area contributed by atoms with E-state index < -0.39 is 7.12 Å². The van der Waals surface area contributed by atoms with Gasteiger partial charge in [-0.2, -0.15) is 0 Å². The van der Waals surface area contributed by atoms with Crippen molar-refractivity contribution in [3.63, 3.8) is 0 Å². The molecule has 0 aliphatic rings. The predicted octanol–water partition coefficient (Wildman–Crippen LogP) is 0.0191. The molecule has 0 aliphatic heterocycles. The molecule has 72 valence electrons. The summed E-state index contributed by atoms with van der Waals surface area (Å²) in [5.74, 6) is 0. The number of hydrogen-bond donors (Lipinski definition) is 2. The first-order valence-corrected chi connectivity index (χ1v) is 4.12. The molecule has 13 heavy (non-hydrogen) atoms. The molecule has 3 nitrogen and oxygen atoms in total. The molecule has 1 rings (SSSR count). The van der Waals surface area contributed by atoms with Crippen molar-refractivity contribution in [2.75, 3.05) is 13.7 Å². The molecular weight excluding hydrogens is 167 g/mol. The van der Waals surface area contributed by atoms with Gasteiger partial charge in [0, 0.05) is 13.7 Å². The second-order valence-corrected chi connectivity index (χ2v) is 2.36. The van der Waals surface area contributed by atoms with Crippen molar-refractivity contribution in [2.24, 2.45) is 0 Å². The van der Waals surface area contributed by atoms with Gasteiger partial charge < -0.3 is 14.8 Å². The minimum absolute atomic E-state index is 0.525. The van der Waals surface area contributed by atoms with Gasteiger partial charge in [-0.3, -0.25) is 0 Å². The predicted molar refractivity (Wildman–Crippen MR) is 53.8 cm³/mol. The van der Waals surface area contributed by atoms with Crippen LogP contribution >= 0.6 is 0 Å². The molecule has 0 heterocycles. The summed E-state index contributed by atoms with van der Waals surface area (Å²) in [5, 5.41) is 17.2. The van der Waals surface area contributed by atoms with Crippen molar-refractivity contribution in [3.05, 3.63) is 30.3 Å². The largest absolute Gasteiger partial charge is 0.488 e. The Morgan fingerprint density at radius 1 is 1.23 bits per heavy atom. The van der Waals surface area contributed by atoms with E-state index in [0.717, 1.165) is 6.61 Å². The fourth-order valence-corrected chi connectivity index (χ4v) is 0.625. The zero-order valence-corrected chi connectivity index (χ0v) is 7.97. The van der Waals surface area contributed by atoms with Crippen LogP contribution in [0.25, 0.3) is 0 Å². The van der Waals surface area contributed by atoms with E-state index in [9.17, 15) is 0 Å². The Hall–Kier alpha value is -0.835. The van der Waals surface area contributed by atoms with Gasteiger partial charge in [0.15, 0.2) is 0 Å². The van der Waals surface area contributed by atoms with Gasteiger partial charge in [-0.15, -0.1) is 0 Å². The zero-order valence-electron chi connectivity index (χ0n) is 7.97. The van der Waals surface area contributed by atoms with E-state index in [1.54, 1.807) is 31.4 Å². The van der Waals surface area contributed by atoms with Gasteiger partial charge in [0.25, 0.3) is 0 Å². The SMILES string of the molecule is CCOC.OB(O)c1ccccc1. The standard InChI is InChI=1S/C6H7BO2.C3H8O/c8-7(9)6-4-2-1-3-5-6;1-3-4-2/h1-5,8-9H;3H2,1-2H3. The Morgan fingerprint density at radius 3 is 1.92 bits per heavy atom. The molecule has 4 heteroatoms. The van der Waals surface area contributed by atoms with E-state index in [0.29, 0.717) is 5.46 Å². The minimum atomic E-state index is -1.34. The smallest absolute Gasteiger partial charge is 0.423 e. The van der Waals surface area contributed by atoms with Gasteiger partial charge in [-0.1, -0.05) is 30.3 Å². The Balaban J connectivity index is 0.000000310. The summed E-state index contributed by atoms with van der Waals surface area (Å²) in [5.41, 5.74) is 0.525. The minimum Gasteiger partial charge on any atom is -0.423 e. The quantitative estimate of drug-likeness (QED) is 0.634. The summed E-state index contributed by atoms with van der Waals surface area (Å²) in [6.07, 6.45) is 0. The molecule has 2 N–H and O–H groups in total. The van der Waals surface area contributed by atoms with Crippen molar-refractivity contribution >= 4 is 12.6 Å². The average Bonchev–Trinajstić information content (AvgIpc) is 2.19. The monoisotopic (exact) mass is 182 g/mol. The molecule has 0 aliphatic carbocycles. The maximum absolute atomic E-state index is 8.58. The van der Waals surface area contributed by atoms with Gasteiger partial charge >= 0.3 is 7.12 Å². The van der Waals surface area contributed by atoms with Crippen LogP contribution in [0.15, 0.2) is 30.3 Å². The van der Waals surface area contributed by atoms with Crippen LogP contribution in [0.4, 0.5) is 0 Å². The molecule has 0 saturated heterocycles. The first-order valence-electron chi connectivity index (χ1n) is 4.12. The number of hydrogen-bond acceptors (Lipinski definition) is 3. The van der Waals surface area contributed by atoms with Crippen molar-refractivity contribution in [1.82, 2.24) is 0 Å². The molecule has 0 radical (unpaired) electrons. The fraction of sp³-hybridized carbons (Fsp3) is 0.333. The van der Waals surface area contributed by atoms with Crippen LogP contribution in [-0.2, 0) is 4.74 Å². The Morgan fingerprint density at radius 2 is 1.69 bits per heavy atom. The summed E-state index contributed by atoms with van der Waals surface area (Å²) < 4.78 is 4.54. The highest BCUT2D eigenvalue weighted by Gasteiger charge is 2.07. The molecule has 0 aromatic heterocycles. The van der Waals surface area contributed by atoms with Crippen LogP contribution in [0.1, 0.15) is 6.92 Å². The molecule has 1 aromatic carbocycles. The molecule has 0 unspecified atom stereocenters. The molecule has 0 fully saturated rings. The summed E-state index contributed by atoms with van der Waals surface area (Å²) in [6, 6.07) is 8.66. The summed E-state index contributed by atoms with van der Waals surface area (Å²) >= 11 is 0. The van der Waals surface area contributed by atoms with Gasteiger partial charge in [0.1, 0.15) is 0 Å². The second-order valence-electron chi connectivity index (χ2n) is 2.36. The summed E-state index contributed by atoms with van der Waals surface area (Å²) in [6.45, 7) is 2.78. The lowest BCUT2D eigenvalue weighted by Gasteiger charge is -1.94. The van der Waals surface area contributed by atoms with Gasteiger partial charge in [0.2, 0.25) is 0 Å². The van der Waals surface area contributed by atoms with Crippen LogP contribution in [0.5, 0.6) is 0 Å². The van der Waals surface area contributed by atoms with E-state index in [1.165, 1.54) is 0 Å². The normalized spacial score (nSPS) is 8.62. The van der Waals surface area contributed by atoms with E-state index in [-0.39, 0.29) is 0 Å². The highest BCUT2D eigenvalue weighted by atomic mass is 16.5. The number of benzene rings is 1. The third-order valence-electron chi connectivity index (χ3n) is 1.39. The number of rotatable bonds is 2. The van der Waals surface area contributed by atoms with Gasteiger partial charge in [-0.25, -0.2) is 0 Å². The van der Waals surface area contributed by atoms with Gasteiger partial charge in [-0.05, 0) is 12.4 Å². The van der Waals surface area contributed by atoms with Crippen LogP contribution in [0.2, 0.25) is 0 Å². The van der Waals surface area contributed by atoms with Crippen LogP contribution in [-0.4, -0.2) is 30.9 Å². The lowest BCUT2D eigenvalue weighted by Crippen LogP contribution is -2.29. The molecular formula is C9H15BO3. The Bertz CT molecular complexity index is 199. The fourth-order valence-electron chi connectivity index (χ4n) is 0.625. The zero-order chi connectivity index (χ0) is 10.1. The molecule has 0 amide bonds. The van der Waals surface area contributed by atoms with E-state index >= 15 is 0 Å². The first kappa shape index (κ1) is 12.2. The van der Waals surface area contributed by atoms with Crippen molar-refractivity contribution in [2.45, 2.75) is 6.92 Å². The van der Waals surface area contributed by atoms with Crippen LogP contribution in [0, 0.1) is 0 Å². The lowest BCUT2D eigenvalue weighted by molar-refractivity contribution is 0.215.